The van der Waals surface area contributed by atoms with Gasteiger partial charge in [0.25, 0.3) is 15.8 Å². The highest BCUT2D eigenvalue weighted by Crippen LogP contribution is 2.26. The molecule has 32 heavy (non-hydrogen) atoms. The van der Waals surface area contributed by atoms with E-state index in [9.17, 15) is 23.1 Å². The van der Waals surface area contributed by atoms with Crippen LogP contribution in [0, 0.1) is 20.6 Å². The molecule has 0 atom stereocenters. The van der Waals surface area contributed by atoms with Gasteiger partial charge in [0, 0.05) is 20.5 Å². The lowest BCUT2D eigenvalue weighted by Crippen LogP contribution is -2.43. The number of aryl methyl sites for hydroxylation is 1. The van der Waals surface area contributed by atoms with E-state index >= 15 is 0 Å². The molecule has 1 aromatic heterocycles. The average molecular weight is 564 g/mol. The van der Waals surface area contributed by atoms with E-state index in [1.807, 2.05) is 12.1 Å². The van der Waals surface area contributed by atoms with E-state index in [0.717, 1.165) is 3.57 Å². The molecule has 0 saturated heterocycles. The van der Waals surface area contributed by atoms with Crippen LogP contribution in [0.2, 0.25) is 0 Å². The lowest BCUT2D eigenvalue weighted by atomic mass is 10.1. The van der Waals surface area contributed by atoms with Crippen LogP contribution in [-0.2, 0) is 10.1 Å². The molecular weight excluding hydrogens is 549 g/mol. The number of hydrogen-bond donors (Lipinski definition) is 1. The second kappa shape index (κ2) is 8.37. The van der Waals surface area contributed by atoms with Crippen molar-refractivity contribution in [2.75, 3.05) is 0 Å². The number of benzene rings is 3. The first-order valence-corrected chi connectivity index (χ1v) is 11.6. The number of nitrogens with zero attached hydrogens (tertiary/aromatic N) is 5. The minimum absolute atomic E-state index is 0.0505. The van der Waals surface area contributed by atoms with Gasteiger partial charge in [-0.2, -0.15) is 8.42 Å². The van der Waals surface area contributed by atoms with E-state index < -0.39 is 15.0 Å². The number of tetrazole rings is 1. The van der Waals surface area contributed by atoms with Gasteiger partial charge in [-0.3, -0.25) is 14.7 Å². The molecule has 1 heterocycles. The molecule has 4 rings (SSSR count). The van der Waals surface area contributed by atoms with Crippen molar-refractivity contribution in [3.63, 3.8) is 0 Å². The zero-order valence-electron chi connectivity index (χ0n) is 16.5. The molecule has 0 spiro atoms. The van der Waals surface area contributed by atoms with Gasteiger partial charge in [0.05, 0.1) is 15.6 Å². The van der Waals surface area contributed by atoms with Crippen LogP contribution in [-0.4, -0.2) is 32.9 Å². The summed E-state index contributed by atoms with van der Waals surface area (Å²) in [7, 11) is -4.53. The zero-order chi connectivity index (χ0) is 23.0. The smallest absolute Gasteiger partial charge is 0.282 e. The van der Waals surface area contributed by atoms with E-state index in [4.69, 9.17) is 0 Å². The lowest BCUT2D eigenvalue weighted by Gasteiger charge is -2.02. The van der Waals surface area contributed by atoms with Crippen molar-refractivity contribution in [2.24, 2.45) is 0 Å². The normalized spacial score (nSPS) is 11.5. The fourth-order valence-electron chi connectivity index (χ4n) is 3.04. The topological polar surface area (TPSA) is 132 Å². The van der Waals surface area contributed by atoms with Crippen LogP contribution in [0.4, 0.5) is 5.69 Å². The fraction of sp³-hybridized carbons (Fsp3) is 0.0500. The van der Waals surface area contributed by atoms with Crippen LogP contribution < -0.4 is 4.80 Å². The minimum atomic E-state index is -4.53. The summed E-state index contributed by atoms with van der Waals surface area (Å²) in [5.41, 5.74) is 1.78. The second-order valence-corrected chi connectivity index (χ2v) is 9.46. The van der Waals surface area contributed by atoms with E-state index in [1.165, 1.54) is 46.0 Å². The summed E-state index contributed by atoms with van der Waals surface area (Å²) in [6.07, 6.45) is 0. The zero-order valence-corrected chi connectivity index (χ0v) is 19.4. The molecule has 162 valence electrons. The third-order valence-corrected chi connectivity index (χ3v) is 6.18. The molecule has 0 unspecified atom stereocenters. The molecule has 10 nitrogen and oxygen atoms in total. The Morgan fingerprint density at radius 1 is 1.06 bits per heavy atom. The van der Waals surface area contributed by atoms with Gasteiger partial charge in [0.2, 0.25) is 0 Å². The van der Waals surface area contributed by atoms with Crippen LogP contribution in [0.1, 0.15) is 5.56 Å². The predicted octanol–water partition coefficient (Wildman–Crippen LogP) is 3.28. The Balaban J connectivity index is 1.95. The molecule has 0 bridgehead atoms. The van der Waals surface area contributed by atoms with Gasteiger partial charge >= 0.3 is 5.82 Å². The quantitative estimate of drug-likeness (QED) is 0.129. The van der Waals surface area contributed by atoms with Crippen LogP contribution in [0.3, 0.4) is 0 Å². The van der Waals surface area contributed by atoms with Crippen LogP contribution in [0.5, 0.6) is 0 Å². The molecule has 4 aromatic rings. The summed E-state index contributed by atoms with van der Waals surface area (Å²) in [5, 5.41) is 19.9. The highest BCUT2D eigenvalue weighted by molar-refractivity contribution is 14.1. The maximum absolute atomic E-state index is 12.0. The Kier molecular flexibility index (Phi) is 5.75. The van der Waals surface area contributed by atoms with Crippen molar-refractivity contribution < 1.29 is 22.7 Å². The second-order valence-electron chi connectivity index (χ2n) is 6.83. The van der Waals surface area contributed by atoms with E-state index in [0.29, 0.717) is 16.9 Å². The first-order valence-electron chi connectivity index (χ1n) is 9.12. The van der Waals surface area contributed by atoms with Crippen LogP contribution in [0.25, 0.3) is 22.8 Å². The number of rotatable bonds is 5. The average Bonchev–Trinajstić information content (AvgIpc) is 3.19. The van der Waals surface area contributed by atoms with Gasteiger partial charge in [0.15, 0.2) is 5.69 Å². The van der Waals surface area contributed by atoms with Gasteiger partial charge in [0.1, 0.15) is 10.6 Å². The monoisotopic (exact) mass is 564 g/mol. The van der Waals surface area contributed by atoms with Crippen molar-refractivity contribution in [1.82, 2.24) is 15.0 Å². The minimum Gasteiger partial charge on any atom is -0.282 e. The van der Waals surface area contributed by atoms with Crippen molar-refractivity contribution in [3.05, 3.63) is 86.0 Å². The van der Waals surface area contributed by atoms with Crippen molar-refractivity contribution in [2.45, 2.75) is 11.8 Å². The molecule has 1 N–H and O–H groups in total. The molecule has 0 aliphatic carbocycles. The third kappa shape index (κ3) is 4.37. The molecule has 0 amide bonds. The maximum Gasteiger partial charge on any atom is 0.341 e. The molecule has 3 aromatic carbocycles. The maximum atomic E-state index is 12.0. The third-order valence-electron chi connectivity index (χ3n) is 4.56. The van der Waals surface area contributed by atoms with E-state index in [2.05, 4.69) is 32.8 Å². The van der Waals surface area contributed by atoms with Crippen molar-refractivity contribution in [1.29, 1.82) is 0 Å². The molecule has 0 saturated carbocycles. The Labute approximate surface area is 196 Å². The van der Waals surface area contributed by atoms with Gasteiger partial charge in [-0.25, -0.2) is 0 Å². The summed E-state index contributed by atoms with van der Waals surface area (Å²) >= 11 is 2.17. The summed E-state index contributed by atoms with van der Waals surface area (Å²) < 4.78 is 34.7. The number of non-ortho nitro benzene ring substituents is 1. The number of nitro benzene ring substituents is 1. The van der Waals surface area contributed by atoms with Gasteiger partial charge in [-0.1, -0.05) is 6.07 Å². The molecular formula is C20H15IN5O5S+. The number of nitro groups is 1. The fourth-order valence-corrected chi connectivity index (χ4v) is 4.17. The predicted molar refractivity (Wildman–Crippen MR) is 122 cm³/mol. The standard InChI is InChI=1S/C20H14IN5O5S/c1-13-2-11-18(19(12-13)32(29,30)31)20-22-24(15-5-3-14(21)4-6-15)25(23-20)16-7-9-17(10-8-16)26(27)28/h2-12H,1H3/p+1. The number of hydrogen-bond acceptors (Lipinski definition) is 6. The Morgan fingerprint density at radius 2 is 1.72 bits per heavy atom. The van der Waals surface area contributed by atoms with Gasteiger partial charge in [-0.05, 0) is 93.5 Å². The van der Waals surface area contributed by atoms with Crippen molar-refractivity contribution in [3.8, 4) is 22.8 Å². The molecule has 0 aliphatic heterocycles. The van der Waals surface area contributed by atoms with Gasteiger partial charge < -0.3 is 0 Å². The summed E-state index contributed by atoms with van der Waals surface area (Å²) in [6, 6.07) is 17.6. The Morgan fingerprint density at radius 3 is 2.31 bits per heavy atom. The Hall–Kier alpha value is -3.23. The summed E-state index contributed by atoms with van der Waals surface area (Å²) in [4.78, 5) is 13.0. The number of halogens is 1. The molecule has 0 aliphatic rings. The summed E-state index contributed by atoms with van der Waals surface area (Å²) in [5.74, 6) is 0.0505. The largest absolute Gasteiger partial charge is 0.341 e. The highest BCUT2D eigenvalue weighted by Gasteiger charge is 2.28. The first-order chi connectivity index (χ1) is 15.1. The highest BCUT2D eigenvalue weighted by atomic mass is 127. The number of aromatic nitrogens is 4. The van der Waals surface area contributed by atoms with E-state index in [1.54, 1.807) is 25.1 Å². The molecule has 0 fully saturated rings. The molecule has 12 heteroatoms. The lowest BCUT2D eigenvalue weighted by molar-refractivity contribution is -0.734. The van der Waals surface area contributed by atoms with Crippen LogP contribution >= 0.6 is 22.6 Å². The van der Waals surface area contributed by atoms with Gasteiger partial charge in [-0.15, -0.1) is 0 Å². The van der Waals surface area contributed by atoms with Crippen molar-refractivity contribution >= 4 is 38.4 Å². The summed E-state index contributed by atoms with van der Waals surface area (Å²) in [6.45, 7) is 1.70. The SMILES string of the molecule is Cc1ccc(-c2nn(-c3ccc(I)cc3)[n+](-c3ccc([N+](=O)[O-])cc3)n2)c(S(=O)(=O)O)c1. The molecule has 0 radical (unpaired) electrons. The Bertz CT molecular complexity index is 1430. The van der Waals surface area contributed by atoms with E-state index in [-0.39, 0.29) is 22.0 Å². The van der Waals surface area contributed by atoms with Crippen LogP contribution in [0.15, 0.2) is 71.6 Å². The first kappa shape index (κ1) is 22.0.